The van der Waals surface area contributed by atoms with E-state index in [4.69, 9.17) is 5.73 Å². The van der Waals surface area contributed by atoms with E-state index in [0.717, 1.165) is 5.56 Å². The van der Waals surface area contributed by atoms with Crippen LogP contribution in [-0.4, -0.2) is 11.9 Å². The highest BCUT2D eigenvalue weighted by molar-refractivity contribution is 5.82. The maximum Gasteiger partial charge on any atom is 0.237 e. The monoisotopic (exact) mass is 290 g/mol. The standard InChI is InChI=1S/C18H30N2O/c1-12(20-16(21)15(19)18(5,6)7)13-8-10-14(11-9-13)17(2,3)4/h8-12,15H,19H2,1-7H3,(H,20,21). The van der Waals surface area contributed by atoms with Gasteiger partial charge >= 0.3 is 0 Å². The van der Waals surface area contributed by atoms with E-state index in [2.05, 4.69) is 50.4 Å². The Bertz CT molecular complexity index is 477. The number of carbonyl (C=O) groups excluding carboxylic acids is 1. The van der Waals surface area contributed by atoms with Crippen molar-refractivity contribution in [3.63, 3.8) is 0 Å². The van der Waals surface area contributed by atoms with E-state index in [-0.39, 0.29) is 22.8 Å². The summed E-state index contributed by atoms with van der Waals surface area (Å²) in [5, 5.41) is 3.00. The molecule has 0 aliphatic heterocycles. The van der Waals surface area contributed by atoms with E-state index in [9.17, 15) is 4.79 Å². The first-order valence-corrected chi connectivity index (χ1v) is 7.59. The predicted octanol–water partition coefficient (Wildman–Crippen LogP) is 3.53. The van der Waals surface area contributed by atoms with Gasteiger partial charge in [0.2, 0.25) is 5.91 Å². The quantitative estimate of drug-likeness (QED) is 0.894. The van der Waals surface area contributed by atoms with Crippen molar-refractivity contribution in [1.82, 2.24) is 5.32 Å². The fraction of sp³-hybridized carbons (Fsp3) is 0.611. The Hall–Kier alpha value is -1.35. The number of carbonyl (C=O) groups is 1. The average Bonchev–Trinajstić information content (AvgIpc) is 2.35. The molecule has 0 aromatic heterocycles. The van der Waals surface area contributed by atoms with Crippen LogP contribution in [0.15, 0.2) is 24.3 Å². The molecule has 1 aromatic rings. The van der Waals surface area contributed by atoms with Crippen molar-refractivity contribution in [3.05, 3.63) is 35.4 Å². The number of nitrogens with two attached hydrogens (primary N) is 1. The summed E-state index contributed by atoms with van der Waals surface area (Å²) in [6.45, 7) is 14.5. The number of rotatable bonds is 3. The second kappa shape index (κ2) is 6.18. The molecule has 1 aromatic carbocycles. The SMILES string of the molecule is CC(NC(=O)C(N)C(C)(C)C)c1ccc(C(C)(C)C)cc1. The van der Waals surface area contributed by atoms with Gasteiger partial charge in [0.25, 0.3) is 0 Å². The highest BCUT2D eigenvalue weighted by atomic mass is 16.2. The maximum atomic E-state index is 12.2. The Labute approximate surface area is 129 Å². The minimum absolute atomic E-state index is 0.0417. The smallest absolute Gasteiger partial charge is 0.237 e. The van der Waals surface area contributed by atoms with Crippen LogP contribution in [0.25, 0.3) is 0 Å². The van der Waals surface area contributed by atoms with Crippen LogP contribution in [0.2, 0.25) is 0 Å². The Balaban J connectivity index is 2.77. The third-order valence-electron chi connectivity index (χ3n) is 3.85. The van der Waals surface area contributed by atoms with Crippen LogP contribution < -0.4 is 11.1 Å². The van der Waals surface area contributed by atoms with Gasteiger partial charge in [-0.15, -0.1) is 0 Å². The molecule has 3 heteroatoms. The van der Waals surface area contributed by atoms with E-state index in [1.54, 1.807) is 0 Å². The van der Waals surface area contributed by atoms with Gasteiger partial charge in [0.05, 0.1) is 12.1 Å². The van der Waals surface area contributed by atoms with Gasteiger partial charge in [0.1, 0.15) is 0 Å². The van der Waals surface area contributed by atoms with E-state index < -0.39 is 6.04 Å². The molecule has 2 atom stereocenters. The fourth-order valence-corrected chi connectivity index (χ4v) is 2.05. The molecule has 0 spiro atoms. The molecule has 0 saturated heterocycles. The Kier molecular flexibility index (Phi) is 5.21. The van der Waals surface area contributed by atoms with Crippen LogP contribution in [-0.2, 0) is 10.2 Å². The van der Waals surface area contributed by atoms with Crippen LogP contribution >= 0.6 is 0 Å². The van der Waals surface area contributed by atoms with E-state index >= 15 is 0 Å². The lowest BCUT2D eigenvalue weighted by Crippen LogP contribution is -2.49. The van der Waals surface area contributed by atoms with Crippen molar-refractivity contribution in [1.29, 1.82) is 0 Å². The van der Waals surface area contributed by atoms with Crippen LogP contribution in [0.1, 0.15) is 65.6 Å². The van der Waals surface area contributed by atoms with E-state index in [1.165, 1.54) is 5.56 Å². The number of amides is 1. The molecule has 3 nitrogen and oxygen atoms in total. The summed E-state index contributed by atoms with van der Waals surface area (Å²) >= 11 is 0. The molecule has 1 rings (SSSR count). The van der Waals surface area contributed by atoms with Gasteiger partial charge in [-0.05, 0) is 28.9 Å². The van der Waals surface area contributed by atoms with Crippen molar-refractivity contribution < 1.29 is 4.79 Å². The largest absolute Gasteiger partial charge is 0.348 e. The normalized spacial score (nSPS) is 15.4. The van der Waals surface area contributed by atoms with Crippen LogP contribution in [0.4, 0.5) is 0 Å². The molecule has 0 aliphatic rings. The highest BCUT2D eigenvalue weighted by Gasteiger charge is 2.28. The summed E-state index contributed by atoms with van der Waals surface area (Å²) in [4.78, 5) is 12.2. The van der Waals surface area contributed by atoms with Gasteiger partial charge < -0.3 is 11.1 Å². The third kappa shape index (κ3) is 4.85. The summed E-state index contributed by atoms with van der Waals surface area (Å²) < 4.78 is 0. The van der Waals surface area contributed by atoms with Crippen molar-refractivity contribution >= 4 is 5.91 Å². The maximum absolute atomic E-state index is 12.2. The predicted molar refractivity (Wildman–Crippen MR) is 89.1 cm³/mol. The second-order valence-corrected chi connectivity index (χ2v) is 7.95. The minimum atomic E-state index is -0.506. The molecule has 0 fully saturated rings. The van der Waals surface area contributed by atoms with Crippen molar-refractivity contribution in [2.45, 2.75) is 66.0 Å². The Morgan fingerprint density at radius 3 is 1.90 bits per heavy atom. The van der Waals surface area contributed by atoms with Crippen molar-refractivity contribution in [3.8, 4) is 0 Å². The van der Waals surface area contributed by atoms with Crippen molar-refractivity contribution in [2.75, 3.05) is 0 Å². The first kappa shape index (κ1) is 17.7. The van der Waals surface area contributed by atoms with Crippen molar-refractivity contribution in [2.24, 2.45) is 11.1 Å². The number of hydrogen-bond acceptors (Lipinski definition) is 2. The second-order valence-electron chi connectivity index (χ2n) is 7.95. The molecule has 118 valence electrons. The minimum Gasteiger partial charge on any atom is -0.348 e. The highest BCUT2D eigenvalue weighted by Crippen LogP contribution is 2.24. The Morgan fingerprint density at radius 2 is 1.52 bits per heavy atom. The molecule has 0 heterocycles. The first-order chi connectivity index (χ1) is 9.43. The lowest BCUT2D eigenvalue weighted by atomic mass is 9.86. The van der Waals surface area contributed by atoms with E-state index in [0.29, 0.717) is 0 Å². The molecule has 0 radical (unpaired) electrons. The van der Waals surface area contributed by atoms with Gasteiger partial charge in [-0.1, -0.05) is 65.8 Å². The van der Waals surface area contributed by atoms with Gasteiger partial charge in [-0.25, -0.2) is 0 Å². The van der Waals surface area contributed by atoms with Crippen LogP contribution in [0.5, 0.6) is 0 Å². The molecule has 21 heavy (non-hydrogen) atoms. The van der Waals surface area contributed by atoms with Gasteiger partial charge in [0, 0.05) is 0 Å². The van der Waals surface area contributed by atoms with Gasteiger partial charge in [-0.2, -0.15) is 0 Å². The third-order valence-corrected chi connectivity index (χ3v) is 3.85. The molecule has 3 N–H and O–H groups in total. The lowest BCUT2D eigenvalue weighted by molar-refractivity contribution is -0.125. The topological polar surface area (TPSA) is 55.1 Å². The molecule has 1 amide bonds. The van der Waals surface area contributed by atoms with Crippen LogP contribution in [0, 0.1) is 5.41 Å². The molecular weight excluding hydrogens is 260 g/mol. The van der Waals surface area contributed by atoms with Gasteiger partial charge in [-0.3, -0.25) is 4.79 Å². The molecular formula is C18H30N2O. The number of benzene rings is 1. The Morgan fingerprint density at radius 1 is 1.05 bits per heavy atom. The number of hydrogen-bond donors (Lipinski definition) is 2. The zero-order valence-corrected chi connectivity index (χ0v) is 14.4. The zero-order valence-electron chi connectivity index (χ0n) is 14.4. The van der Waals surface area contributed by atoms with Gasteiger partial charge in [0.15, 0.2) is 0 Å². The molecule has 0 aliphatic carbocycles. The summed E-state index contributed by atoms with van der Waals surface area (Å²) in [6, 6.07) is 7.86. The number of nitrogens with one attached hydrogen (secondary N) is 1. The summed E-state index contributed by atoms with van der Waals surface area (Å²) in [5.41, 5.74) is 8.28. The molecule has 0 bridgehead atoms. The molecule has 2 unspecified atom stereocenters. The fourth-order valence-electron chi connectivity index (χ4n) is 2.05. The lowest BCUT2D eigenvalue weighted by Gasteiger charge is -2.27. The zero-order chi connectivity index (χ0) is 16.4. The van der Waals surface area contributed by atoms with Crippen LogP contribution in [0.3, 0.4) is 0 Å². The molecule has 0 saturated carbocycles. The van der Waals surface area contributed by atoms with E-state index in [1.807, 2.05) is 27.7 Å². The average molecular weight is 290 g/mol. The summed E-state index contributed by atoms with van der Waals surface area (Å²) in [7, 11) is 0. The summed E-state index contributed by atoms with van der Waals surface area (Å²) in [6.07, 6.45) is 0. The first-order valence-electron chi connectivity index (χ1n) is 7.59. The summed E-state index contributed by atoms with van der Waals surface area (Å²) in [5.74, 6) is -0.102.